The molecule has 1 rings (SSSR count). The van der Waals surface area contributed by atoms with Crippen LogP contribution in [-0.4, -0.2) is 24.2 Å². The number of aliphatic imine (C=N–C) groups is 1. The van der Waals surface area contributed by atoms with Crippen LogP contribution in [0.25, 0.3) is 0 Å². The van der Waals surface area contributed by atoms with Crippen molar-refractivity contribution in [1.82, 2.24) is 0 Å². The van der Waals surface area contributed by atoms with Crippen molar-refractivity contribution in [3.05, 3.63) is 29.8 Å². The third-order valence-corrected chi connectivity index (χ3v) is 3.36. The Balaban J connectivity index is 0.00000400. The molecule has 0 spiro atoms. The Morgan fingerprint density at radius 3 is 2.71 bits per heavy atom. The largest absolute Gasteiger partial charge is 0.396 e. The highest BCUT2D eigenvalue weighted by molar-refractivity contribution is 14.0. The molecule has 1 atom stereocenters. The van der Waals surface area contributed by atoms with E-state index < -0.39 is 0 Å². The first-order chi connectivity index (χ1) is 9.69. The molecule has 0 radical (unpaired) electrons. The molecule has 0 heterocycles. The molecule has 0 bridgehead atoms. The van der Waals surface area contributed by atoms with Crippen molar-refractivity contribution in [3.8, 4) is 0 Å². The molecule has 5 heteroatoms. The first-order valence-electron chi connectivity index (χ1n) is 7.46. The summed E-state index contributed by atoms with van der Waals surface area (Å²) in [5, 5.41) is 12.1. The zero-order valence-electron chi connectivity index (χ0n) is 13.0. The normalized spacial score (nSPS) is 12.6. The number of benzene rings is 1. The number of halogens is 1. The van der Waals surface area contributed by atoms with E-state index in [1.165, 1.54) is 5.56 Å². The molecule has 21 heavy (non-hydrogen) atoms. The Labute approximate surface area is 145 Å². The summed E-state index contributed by atoms with van der Waals surface area (Å²) in [6, 6.07) is 8.18. The second-order valence-electron chi connectivity index (χ2n) is 5.07. The zero-order valence-corrected chi connectivity index (χ0v) is 15.3. The summed E-state index contributed by atoms with van der Waals surface area (Å²) in [6.07, 6.45) is 3.96. The van der Waals surface area contributed by atoms with E-state index >= 15 is 0 Å². The zero-order chi connectivity index (χ0) is 14.8. The summed E-state index contributed by atoms with van der Waals surface area (Å²) in [5.41, 5.74) is 8.16. The van der Waals surface area contributed by atoms with E-state index in [1.807, 2.05) is 12.1 Å². The predicted molar refractivity (Wildman–Crippen MR) is 101 cm³/mol. The summed E-state index contributed by atoms with van der Waals surface area (Å²) in [4.78, 5) is 4.38. The summed E-state index contributed by atoms with van der Waals surface area (Å²) < 4.78 is 0. The molecular weight excluding hydrogens is 377 g/mol. The lowest BCUT2D eigenvalue weighted by molar-refractivity contribution is 0.253. The highest BCUT2D eigenvalue weighted by atomic mass is 127. The Hall–Kier alpha value is -0.820. The smallest absolute Gasteiger partial charge is 0.193 e. The molecule has 1 aromatic rings. The molecule has 0 amide bonds. The SMILES string of the molecule is CCCC(CCO)CN=C(N)Nc1cccc(CC)c1.I. The van der Waals surface area contributed by atoms with Crippen molar-refractivity contribution in [2.24, 2.45) is 16.6 Å². The minimum Gasteiger partial charge on any atom is -0.396 e. The number of anilines is 1. The van der Waals surface area contributed by atoms with E-state index in [2.05, 4.69) is 36.3 Å². The molecule has 120 valence electrons. The molecule has 1 aromatic carbocycles. The lowest BCUT2D eigenvalue weighted by Gasteiger charge is -2.13. The van der Waals surface area contributed by atoms with Gasteiger partial charge < -0.3 is 16.2 Å². The average molecular weight is 405 g/mol. The van der Waals surface area contributed by atoms with E-state index in [0.29, 0.717) is 18.4 Å². The minimum atomic E-state index is 0. The minimum absolute atomic E-state index is 0. The number of rotatable bonds is 8. The monoisotopic (exact) mass is 405 g/mol. The molecule has 0 saturated carbocycles. The predicted octanol–water partition coefficient (Wildman–Crippen LogP) is 3.39. The maximum atomic E-state index is 9.03. The number of hydrogen-bond acceptors (Lipinski definition) is 2. The fourth-order valence-electron chi connectivity index (χ4n) is 2.20. The van der Waals surface area contributed by atoms with Crippen LogP contribution in [0, 0.1) is 5.92 Å². The van der Waals surface area contributed by atoms with Gasteiger partial charge in [0, 0.05) is 18.8 Å². The number of nitrogens with zero attached hydrogens (tertiary/aromatic N) is 1. The van der Waals surface area contributed by atoms with Crippen LogP contribution in [0.1, 0.15) is 38.7 Å². The highest BCUT2D eigenvalue weighted by Gasteiger charge is 2.06. The van der Waals surface area contributed by atoms with Crippen LogP contribution in [0.5, 0.6) is 0 Å². The third kappa shape index (κ3) is 8.26. The standard InChI is InChI=1S/C16H27N3O.HI/c1-3-6-14(9-10-20)12-18-16(17)19-15-8-5-7-13(4-2)11-15;/h5,7-8,11,14,20H,3-4,6,9-10,12H2,1-2H3,(H3,17,18,19);1H. The van der Waals surface area contributed by atoms with Gasteiger partial charge in [0.25, 0.3) is 0 Å². The molecule has 0 aliphatic carbocycles. The van der Waals surface area contributed by atoms with E-state index in [0.717, 1.165) is 31.4 Å². The average Bonchev–Trinajstić information content (AvgIpc) is 2.45. The number of guanidine groups is 1. The van der Waals surface area contributed by atoms with Crippen molar-refractivity contribution in [2.45, 2.75) is 39.5 Å². The Morgan fingerprint density at radius 1 is 1.33 bits per heavy atom. The van der Waals surface area contributed by atoms with E-state index in [1.54, 1.807) is 0 Å². The van der Waals surface area contributed by atoms with Gasteiger partial charge in [-0.25, -0.2) is 0 Å². The summed E-state index contributed by atoms with van der Waals surface area (Å²) in [5.74, 6) is 0.852. The molecule has 1 unspecified atom stereocenters. The van der Waals surface area contributed by atoms with Crippen LogP contribution in [0.2, 0.25) is 0 Å². The number of nitrogens with two attached hydrogens (primary N) is 1. The molecule has 0 fully saturated rings. The Kier molecular flexibility index (Phi) is 11.3. The fourth-order valence-corrected chi connectivity index (χ4v) is 2.20. The van der Waals surface area contributed by atoms with Gasteiger partial charge in [0.1, 0.15) is 0 Å². The third-order valence-electron chi connectivity index (χ3n) is 3.36. The second kappa shape index (κ2) is 11.8. The van der Waals surface area contributed by atoms with Crippen LogP contribution < -0.4 is 11.1 Å². The number of aliphatic hydroxyl groups is 1. The fraction of sp³-hybridized carbons (Fsp3) is 0.562. The van der Waals surface area contributed by atoms with Gasteiger partial charge in [-0.05, 0) is 42.9 Å². The maximum Gasteiger partial charge on any atom is 0.193 e. The molecular formula is C16H28IN3O. The number of nitrogens with one attached hydrogen (secondary N) is 1. The van der Waals surface area contributed by atoms with Crippen LogP contribution in [0.4, 0.5) is 5.69 Å². The molecule has 4 nitrogen and oxygen atoms in total. The molecule has 0 aliphatic heterocycles. The van der Waals surface area contributed by atoms with Crippen molar-refractivity contribution in [3.63, 3.8) is 0 Å². The van der Waals surface area contributed by atoms with Crippen molar-refractivity contribution in [1.29, 1.82) is 0 Å². The number of hydrogen-bond donors (Lipinski definition) is 3. The molecule has 0 aromatic heterocycles. The first-order valence-corrected chi connectivity index (χ1v) is 7.46. The van der Waals surface area contributed by atoms with Crippen molar-refractivity contribution < 1.29 is 5.11 Å². The van der Waals surface area contributed by atoms with Gasteiger partial charge in [0.2, 0.25) is 0 Å². The van der Waals surface area contributed by atoms with Crippen LogP contribution >= 0.6 is 24.0 Å². The van der Waals surface area contributed by atoms with Crippen molar-refractivity contribution >= 4 is 35.6 Å². The van der Waals surface area contributed by atoms with Gasteiger partial charge in [-0.15, -0.1) is 24.0 Å². The summed E-state index contributed by atoms with van der Waals surface area (Å²) in [7, 11) is 0. The van der Waals surface area contributed by atoms with Crippen molar-refractivity contribution in [2.75, 3.05) is 18.5 Å². The Morgan fingerprint density at radius 2 is 2.10 bits per heavy atom. The summed E-state index contributed by atoms with van der Waals surface area (Å²) in [6.45, 7) is 5.15. The number of aryl methyl sites for hydroxylation is 1. The first kappa shape index (κ1) is 20.2. The van der Waals surface area contributed by atoms with Crippen LogP contribution in [0.3, 0.4) is 0 Å². The van der Waals surface area contributed by atoms with E-state index in [4.69, 9.17) is 10.8 Å². The topological polar surface area (TPSA) is 70.6 Å². The maximum absolute atomic E-state index is 9.03. The second-order valence-corrected chi connectivity index (χ2v) is 5.07. The molecule has 0 aliphatic rings. The van der Waals surface area contributed by atoms with Gasteiger partial charge in [0.05, 0.1) is 0 Å². The number of aliphatic hydroxyl groups excluding tert-OH is 1. The van der Waals surface area contributed by atoms with Gasteiger partial charge in [-0.2, -0.15) is 0 Å². The van der Waals surface area contributed by atoms with Gasteiger partial charge in [-0.3, -0.25) is 4.99 Å². The van der Waals surface area contributed by atoms with Crippen LogP contribution in [0.15, 0.2) is 29.3 Å². The van der Waals surface area contributed by atoms with E-state index in [9.17, 15) is 0 Å². The lowest BCUT2D eigenvalue weighted by atomic mass is 10.0. The van der Waals surface area contributed by atoms with Gasteiger partial charge >= 0.3 is 0 Å². The van der Waals surface area contributed by atoms with Crippen LogP contribution in [-0.2, 0) is 6.42 Å². The van der Waals surface area contributed by atoms with E-state index in [-0.39, 0.29) is 30.6 Å². The Bertz CT molecular complexity index is 418. The molecule has 0 saturated heterocycles. The highest BCUT2D eigenvalue weighted by Crippen LogP contribution is 2.12. The molecule has 4 N–H and O–H groups in total. The summed E-state index contributed by atoms with van der Waals surface area (Å²) >= 11 is 0. The van der Waals surface area contributed by atoms with Gasteiger partial charge in [0.15, 0.2) is 5.96 Å². The van der Waals surface area contributed by atoms with Gasteiger partial charge in [-0.1, -0.05) is 32.4 Å². The quantitative estimate of drug-likeness (QED) is 0.353. The lowest BCUT2D eigenvalue weighted by Crippen LogP contribution is -2.24.